The quantitative estimate of drug-likeness (QED) is 0.792. The molecule has 0 unspecified atom stereocenters. The average molecular weight is 403 g/mol. The molecule has 1 aromatic heterocycles. The van der Waals surface area contributed by atoms with E-state index in [1.54, 1.807) is 24.3 Å². The molecule has 0 bridgehead atoms. The van der Waals surface area contributed by atoms with Crippen molar-refractivity contribution >= 4 is 45.9 Å². The molecule has 0 fully saturated rings. The van der Waals surface area contributed by atoms with Crippen molar-refractivity contribution in [2.75, 3.05) is 12.4 Å². The van der Waals surface area contributed by atoms with Crippen LogP contribution >= 0.6 is 34.2 Å². The molecule has 1 amide bonds. The average Bonchev–Trinajstić information content (AvgIpc) is 2.43. The van der Waals surface area contributed by atoms with Gasteiger partial charge in [0.05, 0.1) is 18.4 Å². The summed E-state index contributed by atoms with van der Waals surface area (Å²) in [4.78, 5) is 16.6. The molecule has 2 aromatic rings. The number of halogens is 2. The molecule has 4 nitrogen and oxygen atoms in total. The number of rotatable bonds is 3. The van der Waals surface area contributed by atoms with Crippen molar-refractivity contribution in [1.82, 2.24) is 4.98 Å². The Bertz CT molecular complexity index is 662. The number of pyridine rings is 1. The topological polar surface area (TPSA) is 51.2 Å². The number of methoxy groups -OCH3 is 1. The van der Waals surface area contributed by atoms with E-state index in [1.807, 2.05) is 13.0 Å². The number of hydrogen-bond donors (Lipinski definition) is 1. The van der Waals surface area contributed by atoms with Gasteiger partial charge in [0.2, 0.25) is 0 Å². The maximum atomic E-state index is 12.3. The second kappa shape index (κ2) is 6.41. The molecule has 0 aliphatic heterocycles. The van der Waals surface area contributed by atoms with Crippen molar-refractivity contribution < 1.29 is 9.53 Å². The summed E-state index contributed by atoms with van der Waals surface area (Å²) in [6.07, 6.45) is 0. The van der Waals surface area contributed by atoms with E-state index < -0.39 is 0 Å². The van der Waals surface area contributed by atoms with Crippen molar-refractivity contribution in [2.45, 2.75) is 6.92 Å². The van der Waals surface area contributed by atoms with Gasteiger partial charge in [0.15, 0.2) is 0 Å². The predicted molar refractivity (Wildman–Crippen MR) is 87.6 cm³/mol. The van der Waals surface area contributed by atoms with Crippen LogP contribution in [0.4, 0.5) is 5.82 Å². The highest BCUT2D eigenvalue weighted by Gasteiger charge is 2.14. The first kappa shape index (κ1) is 15.1. The van der Waals surface area contributed by atoms with Crippen LogP contribution < -0.4 is 10.1 Å². The van der Waals surface area contributed by atoms with Crippen LogP contribution in [0.5, 0.6) is 5.75 Å². The summed E-state index contributed by atoms with van der Waals surface area (Å²) in [5, 5.41) is 3.21. The zero-order valence-electron chi connectivity index (χ0n) is 10.9. The minimum Gasteiger partial charge on any atom is -0.496 e. The van der Waals surface area contributed by atoms with E-state index in [0.717, 1.165) is 9.26 Å². The normalized spacial score (nSPS) is 10.2. The molecule has 1 N–H and O–H groups in total. The number of anilines is 1. The highest BCUT2D eigenvalue weighted by Crippen LogP contribution is 2.23. The molecule has 1 heterocycles. The molecule has 0 saturated carbocycles. The van der Waals surface area contributed by atoms with Crippen LogP contribution in [-0.2, 0) is 0 Å². The fraction of sp³-hybridized carbons (Fsp3) is 0.143. The Kier molecular flexibility index (Phi) is 4.82. The number of aromatic nitrogens is 1. The number of ether oxygens (including phenoxy) is 1. The third-order valence-corrected chi connectivity index (χ3v) is 4.04. The summed E-state index contributed by atoms with van der Waals surface area (Å²) < 4.78 is 6.20. The van der Waals surface area contributed by atoms with Gasteiger partial charge in [-0.15, -0.1) is 0 Å². The van der Waals surface area contributed by atoms with Gasteiger partial charge in [0.1, 0.15) is 11.6 Å². The number of carbonyl (C=O) groups is 1. The van der Waals surface area contributed by atoms with E-state index >= 15 is 0 Å². The van der Waals surface area contributed by atoms with Crippen molar-refractivity contribution in [2.24, 2.45) is 0 Å². The molecule has 20 heavy (non-hydrogen) atoms. The summed E-state index contributed by atoms with van der Waals surface area (Å²) in [6, 6.07) is 8.54. The van der Waals surface area contributed by atoms with Crippen molar-refractivity contribution in [3.63, 3.8) is 0 Å². The largest absolute Gasteiger partial charge is 0.496 e. The van der Waals surface area contributed by atoms with E-state index in [2.05, 4.69) is 32.9 Å². The molecule has 0 spiro atoms. The Hall–Kier alpha value is -1.34. The Morgan fingerprint density at radius 3 is 2.75 bits per heavy atom. The summed E-state index contributed by atoms with van der Waals surface area (Å²) in [6.45, 7) is 1.89. The van der Waals surface area contributed by atoms with E-state index in [4.69, 9.17) is 16.3 Å². The number of benzene rings is 1. The summed E-state index contributed by atoms with van der Waals surface area (Å²) in [5.41, 5.74) is 1.24. The molecular weight excluding hydrogens is 391 g/mol. The maximum Gasteiger partial charge on any atom is 0.260 e. The zero-order chi connectivity index (χ0) is 14.7. The van der Waals surface area contributed by atoms with E-state index in [1.165, 1.54) is 7.11 Å². The molecule has 0 aliphatic carbocycles. The SMILES string of the molecule is COc1ccc(Cl)cc1C(=O)Nc1ccc(I)c(C)n1. The van der Waals surface area contributed by atoms with E-state index in [9.17, 15) is 4.79 Å². The first-order chi connectivity index (χ1) is 9.51. The number of carbonyl (C=O) groups excluding carboxylic acids is 1. The van der Waals surface area contributed by atoms with Crippen LogP contribution in [0, 0.1) is 10.5 Å². The van der Waals surface area contributed by atoms with Crippen molar-refractivity contribution in [3.8, 4) is 5.75 Å². The standard InChI is InChI=1S/C14H12ClIN2O2/c1-8-11(16)4-6-13(17-8)18-14(19)10-7-9(15)3-5-12(10)20-2/h3-7H,1-2H3,(H,17,18,19). The van der Waals surface area contributed by atoms with Gasteiger partial charge in [-0.25, -0.2) is 4.98 Å². The molecule has 0 aliphatic rings. The third-order valence-electron chi connectivity index (χ3n) is 2.67. The number of nitrogens with zero attached hydrogens (tertiary/aromatic N) is 1. The molecule has 2 rings (SSSR count). The minimum atomic E-state index is -0.308. The Morgan fingerprint density at radius 1 is 1.35 bits per heavy atom. The first-order valence-electron chi connectivity index (χ1n) is 5.79. The van der Waals surface area contributed by atoms with Crippen LogP contribution in [0.3, 0.4) is 0 Å². The molecule has 6 heteroatoms. The maximum absolute atomic E-state index is 12.3. The fourth-order valence-electron chi connectivity index (χ4n) is 1.65. The van der Waals surface area contributed by atoms with Gasteiger partial charge >= 0.3 is 0 Å². The van der Waals surface area contributed by atoms with Gasteiger partial charge in [-0.3, -0.25) is 4.79 Å². The molecule has 0 radical (unpaired) electrons. The Labute approximate surface area is 135 Å². The van der Waals surface area contributed by atoms with Crippen LogP contribution in [0.1, 0.15) is 16.1 Å². The number of aryl methyl sites for hydroxylation is 1. The van der Waals surface area contributed by atoms with Crippen molar-refractivity contribution in [1.29, 1.82) is 0 Å². The monoisotopic (exact) mass is 402 g/mol. The van der Waals surface area contributed by atoms with Gasteiger partial charge < -0.3 is 10.1 Å². The summed E-state index contributed by atoms with van der Waals surface area (Å²) in [5.74, 6) is 0.654. The second-order valence-electron chi connectivity index (χ2n) is 4.06. The molecule has 0 atom stereocenters. The number of nitrogens with one attached hydrogen (secondary N) is 1. The lowest BCUT2D eigenvalue weighted by Crippen LogP contribution is -2.14. The third kappa shape index (κ3) is 3.40. The van der Waals surface area contributed by atoms with E-state index in [-0.39, 0.29) is 5.91 Å². The Balaban J connectivity index is 2.27. The van der Waals surface area contributed by atoms with E-state index in [0.29, 0.717) is 22.2 Å². The van der Waals surface area contributed by atoms with Gasteiger partial charge in [-0.1, -0.05) is 11.6 Å². The van der Waals surface area contributed by atoms with Crippen LogP contribution in [0.15, 0.2) is 30.3 Å². The number of amides is 1. The smallest absolute Gasteiger partial charge is 0.260 e. The van der Waals surface area contributed by atoms with Crippen LogP contribution in [0.2, 0.25) is 5.02 Å². The number of hydrogen-bond acceptors (Lipinski definition) is 3. The molecule has 104 valence electrons. The Morgan fingerprint density at radius 2 is 2.10 bits per heavy atom. The molecular formula is C14H12ClIN2O2. The zero-order valence-corrected chi connectivity index (χ0v) is 13.8. The molecule has 0 saturated heterocycles. The van der Waals surface area contributed by atoms with Crippen LogP contribution in [-0.4, -0.2) is 18.0 Å². The fourth-order valence-corrected chi connectivity index (χ4v) is 2.13. The lowest BCUT2D eigenvalue weighted by atomic mass is 10.2. The van der Waals surface area contributed by atoms with Gasteiger partial charge in [0, 0.05) is 8.59 Å². The molecule has 1 aromatic carbocycles. The van der Waals surface area contributed by atoms with Crippen LogP contribution in [0.25, 0.3) is 0 Å². The van der Waals surface area contributed by atoms with Crippen molar-refractivity contribution in [3.05, 3.63) is 50.2 Å². The van der Waals surface area contributed by atoms with Gasteiger partial charge in [-0.2, -0.15) is 0 Å². The highest BCUT2D eigenvalue weighted by atomic mass is 127. The van der Waals surface area contributed by atoms with Gasteiger partial charge in [-0.05, 0) is 59.8 Å². The lowest BCUT2D eigenvalue weighted by molar-refractivity contribution is 0.102. The van der Waals surface area contributed by atoms with Gasteiger partial charge in [0.25, 0.3) is 5.91 Å². The predicted octanol–water partition coefficient (Wildman–Crippen LogP) is 3.91. The second-order valence-corrected chi connectivity index (χ2v) is 5.66. The minimum absolute atomic E-state index is 0.308. The first-order valence-corrected chi connectivity index (χ1v) is 7.25. The highest BCUT2D eigenvalue weighted by molar-refractivity contribution is 14.1. The summed E-state index contributed by atoms with van der Waals surface area (Å²) in [7, 11) is 1.51. The lowest BCUT2D eigenvalue weighted by Gasteiger charge is -2.10. The summed E-state index contributed by atoms with van der Waals surface area (Å²) >= 11 is 8.10.